The van der Waals surface area contributed by atoms with E-state index in [2.05, 4.69) is 65.1 Å². The predicted octanol–water partition coefficient (Wildman–Crippen LogP) is 5.44. The van der Waals surface area contributed by atoms with Crippen LogP contribution in [0.5, 0.6) is 0 Å². The molecule has 0 unspecified atom stereocenters. The van der Waals surface area contributed by atoms with Gasteiger partial charge < -0.3 is 9.80 Å². The van der Waals surface area contributed by atoms with Crippen molar-refractivity contribution in [1.82, 2.24) is 19.7 Å². The standard InChI is InChI=1S/C30H38N4O/c1-3-34(24-14-8-5-9-15-24)30(35)28-25-16-10-11-17-27(25)31-29(23-12-6-4-7-13-23)26(28)22-33-20-18-32(2)19-21-33/h4,6-7,10-13,16-17,24H,3,5,8-9,14-15,18-22H2,1-2H3. The normalized spacial score (nSPS) is 18.1. The largest absolute Gasteiger partial charge is 0.336 e. The number of piperazine rings is 1. The van der Waals surface area contributed by atoms with Crippen molar-refractivity contribution < 1.29 is 4.79 Å². The molecule has 5 heteroatoms. The summed E-state index contributed by atoms with van der Waals surface area (Å²) in [6, 6.07) is 19.0. The molecule has 3 aromatic rings. The van der Waals surface area contributed by atoms with Crippen molar-refractivity contribution in [3.05, 3.63) is 65.7 Å². The van der Waals surface area contributed by atoms with E-state index >= 15 is 0 Å². The molecule has 5 rings (SSSR count). The molecule has 2 heterocycles. The van der Waals surface area contributed by atoms with E-state index in [9.17, 15) is 4.79 Å². The lowest BCUT2D eigenvalue weighted by Gasteiger charge is -2.36. The molecule has 1 saturated heterocycles. The summed E-state index contributed by atoms with van der Waals surface area (Å²) in [4.78, 5) is 26.6. The third-order valence-electron chi connectivity index (χ3n) is 7.85. The van der Waals surface area contributed by atoms with E-state index in [1.807, 2.05) is 18.2 Å². The molecule has 1 aliphatic heterocycles. The van der Waals surface area contributed by atoms with Crippen LogP contribution in [0, 0.1) is 0 Å². The van der Waals surface area contributed by atoms with Gasteiger partial charge in [0.2, 0.25) is 0 Å². The zero-order chi connectivity index (χ0) is 24.2. The zero-order valence-corrected chi connectivity index (χ0v) is 21.2. The second kappa shape index (κ2) is 10.9. The Morgan fingerprint density at radius 2 is 1.63 bits per heavy atom. The van der Waals surface area contributed by atoms with Gasteiger partial charge in [0.15, 0.2) is 0 Å². The first-order chi connectivity index (χ1) is 17.2. The van der Waals surface area contributed by atoms with Gasteiger partial charge in [0.05, 0.1) is 16.8 Å². The smallest absolute Gasteiger partial charge is 0.255 e. The van der Waals surface area contributed by atoms with E-state index in [0.29, 0.717) is 6.04 Å². The van der Waals surface area contributed by atoms with Crippen molar-refractivity contribution in [1.29, 1.82) is 0 Å². The number of para-hydroxylation sites is 1. The minimum Gasteiger partial charge on any atom is -0.336 e. The first-order valence-electron chi connectivity index (χ1n) is 13.3. The van der Waals surface area contributed by atoms with Gasteiger partial charge in [0.25, 0.3) is 5.91 Å². The van der Waals surface area contributed by atoms with Gasteiger partial charge in [-0.3, -0.25) is 9.69 Å². The molecule has 35 heavy (non-hydrogen) atoms. The molecule has 0 N–H and O–H groups in total. The molecular weight excluding hydrogens is 432 g/mol. The number of pyridine rings is 1. The number of nitrogens with zero attached hydrogens (tertiary/aromatic N) is 4. The summed E-state index contributed by atoms with van der Waals surface area (Å²) in [5.41, 5.74) is 4.87. The molecule has 0 radical (unpaired) electrons. The fraction of sp³-hybridized carbons (Fsp3) is 0.467. The lowest BCUT2D eigenvalue weighted by molar-refractivity contribution is 0.0646. The first-order valence-corrected chi connectivity index (χ1v) is 13.3. The maximum absolute atomic E-state index is 14.5. The molecule has 1 aromatic heterocycles. The van der Waals surface area contributed by atoms with Gasteiger partial charge in [-0.25, -0.2) is 4.98 Å². The van der Waals surface area contributed by atoms with Crippen LogP contribution in [0.3, 0.4) is 0 Å². The predicted molar refractivity (Wildman–Crippen MR) is 144 cm³/mol. The highest BCUT2D eigenvalue weighted by Crippen LogP contribution is 2.34. The van der Waals surface area contributed by atoms with E-state index in [0.717, 1.165) is 85.4 Å². The molecule has 2 aromatic carbocycles. The highest BCUT2D eigenvalue weighted by molar-refractivity contribution is 6.09. The van der Waals surface area contributed by atoms with Crippen LogP contribution in [0.4, 0.5) is 0 Å². The van der Waals surface area contributed by atoms with Gasteiger partial charge in [-0.05, 0) is 32.9 Å². The zero-order valence-electron chi connectivity index (χ0n) is 21.2. The van der Waals surface area contributed by atoms with Crippen molar-refractivity contribution >= 4 is 16.8 Å². The summed E-state index contributed by atoms with van der Waals surface area (Å²) in [6.07, 6.45) is 5.95. The van der Waals surface area contributed by atoms with Gasteiger partial charge in [-0.2, -0.15) is 0 Å². The van der Waals surface area contributed by atoms with Gasteiger partial charge in [-0.15, -0.1) is 0 Å². The molecular formula is C30H38N4O. The molecule has 1 amide bonds. The minimum absolute atomic E-state index is 0.180. The van der Waals surface area contributed by atoms with Crippen LogP contribution in [0.2, 0.25) is 0 Å². The maximum atomic E-state index is 14.5. The molecule has 0 atom stereocenters. The Hall–Kier alpha value is -2.76. The summed E-state index contributed by atoms with van der Waals surface area (Å²) in [7, 11) is 2.18. The number of hydrogen-bond acceptors (Lipinski definition) is 4. The lowest BCUT2D eigenvalue weighted by atomic mass is 9.91. The summed E-state index contributed by atoms with van der Waals surface area (Å²) in [6.45, 7) is 7.74. The Labute approximate surface area is 209 Å². The van der Waals surface area contributed by atoms with Crippen molar-refractivity contribution in [2.24, 2.45) is 0 Å². The SMILES string of the molecule is CCN(C(=O)c1c(CN2CCN(C)CC2)c(-c2ccccc2)nc2ccccc12)C1CCCCC1. The fourth-order valence-electron chi connectivity index (χ4n) is 5.82. The number of carbonyl (C=O) groups excluding carboxylic acids is 1. The van der Waals surface area contributed by atoms with E-state index in [-0.39, 0.29) is 5.91 Å². The van der Waals surface area contributed by atoms with Gasteiger partial charge in [0, 0.05) is 61.8 Å². The van der Waals surface area contributed by atoms with E-state index in [1.165, 1.54) is 19.3 Å². The Balaban J connectivity index is 1.67. The van der Waals surface area contributed by atoms with Crippen molar-refractivity contribution in [2.45, 2.75) is 51.6 Å². The van der Waals surface area contributed by atoms with Crippen LogP contribution >= 0.6 is 0 Å². The second-order valence-corrected chi connectivity index (χ2v) is 10.2. The number of fused-ring (bicyclic) bond motifs is 1. The average molecular weight is 471 g/mol. The Bertz CT molecular complexity index is 1150. The third kappa shape index (κ3) is 5.12. The summed E-state index contributed by atoms with van der Waals surface area (Å²) < 4.78 is 0. The van der Waals surface area contributed by atoms with Crippen molar-refractivity contribution in [3.63, 3.8) is 0 Å². The lowest BCUT2D eigenvalue weighted by Crippen LogP contribution is -2.45. The highest BCUT2D eigenvalue weighted by atomic mass is 16.2. The molecule has 0 bridgehead atoms. The molecule has 5 nitrogen and oxygen atoms in total. The number of benzene rings is 2. The van der Waals surface area contributed by atoms with Crippen LogP contribution in [-0.2, 0) is 6.54 Å². The molecule has 2 fully saturated rings. The molecule has 0 spiro atoms. The molecule has 2 aliphatic rings. The van der Waals surface area contributed by atoms with Gasteiger partial charge >= 0.3 is 0 Å². The van der Waals surface area contributed by atoms with Crippen molar-refractivity contribution in [3.8, 4) is 11.3 Å². The molecule has 1 saturated carbocycles. The minimum atomic E-state index is 0.180. The Morgan fingerprint density at radius 3 is 2.34 bits per heavy atom. The van der Waals surface area contributed by atoms with Crippen LogP contribution in [0.15, 0.2) is 54.6 Å². The number of carbonyl (C=O) groups is 1. The Morgan fingerprint density at radius 1 is 0.943 bits per heavy atom. The Kier molecular flexibility index (Phi) is 7.45. The van der Waals surface area contributed by atoms with Crippen LogP contribution < -0.4 is 0 Å². The van der Waals surface area contributed by atoms with Crippen LogP contribution in [0.25, 0.3) is 22.2 Å². The van der Waals surface area contributed by atoms with Crippen LogP contribution in [-0.4, -0.2) is 71.4 Å². The number of likely N-dealkylation sites (N-methyl/N-ethyl adjacent to an activating group) is 1. The number of amides is 1. The number of rotatable bonds is 6. The molecule has 1 aliphatic carbocycles. The maximum Gasteiger partial charge on any atom is 0.255 e. The topological polar surface area (TPSA) is 39.7 Å². The van der Waals surface area contributed by atoms with E-state index in [4.69, 9.17) is 4.98 Å². The van der Waals surface area contributed by atoms with Crippen molar-refractivity contribution in [2.75, 3.05) is 39.8 Å². The fourth-order valence-corrected chi connectivity index (χ4v) is 5.82. The first kappa shape index (κ1) is 24.0. The van der Waals surface area contributed by atoms with E-state index in [1.54, 1.807) is 0 Å². The summed E-state index contributed by atoms with van der Waals surface area (Å²) in [5, 5.41) is 0.982. The summed E-state index contributed by atoms with van der Waals surface area (Å²) in [5.74, 6) is 0.180. The highest BCUT2D eigenvalue weighted by Gasteiger charge is 2.30. The quantitative estimate of drug-likeness (QED) is 0.481. The van der Waals surface area contributed by atoms with Gasteiger partial charge in [0.1, 0.15) is 0 Å². The monoisotopic (exact) mass is 470 g/mol. The van der Waals surface area contributed by atoms with E-state index < -0.39 is 0 Å². The second-order valence-electron chi connectivity index (χ2n) is 10.2. The van der Waals surface area contributed by atoms with Crippen LogP contribution in [0.1, 0.15) is 54.9 Å². The van der Waals surface area contributed by atoms with Gasteiger partial charge in [-0.1, -0.05) is 67.8 Å². The number of aromatic nitrogens is 1. The number of hydrogen-bond donors (Lipinski definition) is 0. The average Bonchev–Trinajstić information content (AvgIpc) is 2.91. The third-order valence-corrected chi connectivity index (χ3v) is 7.85. The molecule has 184 valence electrons. The summed E-state index contributed by atoms with van der Waals surface area (Å²) >= 11 is 0.